The monoisotopic (exact) mass is 1810 g/mol. The van der Waals surface area contributed by atoms with Gasteiger partial charge in [0, 0.05) is 61.4 Å². The molecular formula is C92H120F6N6O20S2. The Morgan fingerprint density at radius 2 is 0.929 bits per heavy atom. The van der Waals surface area contributed by atoms with Crippen molar-refractivity contribution in [3.05, 3.63) is 71.8 Å². The van der Waals surface area contributed by atoms with Crippen LogP contribution in [-0.2, 0) is 80.7 Å². The van der Waals surface area contributed by atoms with Gasteiger partial charge in [-0.2, -0.15) is 9.97 Å². The van der Waals surface area contributed by atoms with Crippen molar-refractivity contribution in [2.75, 3.05) is 53.9 Å². The molecule has 8 heterocycles. The van der Waals surface area contributed by atoms with Gasteiger partial charge in [-0.05, 0) is 213 Å². The summed E-state index contributed by atoms with van der Waals surface area (Å²) in [6.07, 6.45) is 11.9. The zero-order valence-corrected chi connectivity index (χ0v) is 75.6. The molecule has 692 valence electrons. The topological polar surface area (TPSA) is 335 Å². The predicted molar refractivity (Wildman–Crippen MR) is 453 cm³/mol. The average molecular weight is 1810 g/mol. The molecule has 26 nitrogen and oxygen atoms in total. The number of methoxy groups -OCH3 is 2. The smallest absolute Gasteiger partial charge is 0.307 e. The van der Waals surface area contributed by atoms with Gasteiger partial charge >= 0.3 is 11.9 Å². The summed E-state index contributed by atoms with van der Waals surface area (Å²) in [5, 5.41) is 2.93. The molecule has 10 aliphatic rings. The number of ether oxygens (including phenoxy) is 8. The van der Waals surface area contributed by atoms with Crippen molar-refractivity contribution < 1.29 is 119 Å². The first kappa shape index (κ1) is 94.8. The minimum Gasteiger partial charge on any atom is -0.497 e. The number of rotatable bonds is 24. The van der Waals surface area contributed by atoms with Crippen molar-refractivity contribution in [3.8, 4) is 35.0 Å². The second-order valence-corrected chi connectivity index (χ2v) is 42.4. The van der Waals surface area contributed by atoms with E-state index in [9.17, 15) is 71.9 Å². The van der Waals surface area contributed by atoms with Crippen LogP contribution >= 0.6 is 0 Å². The lowest BCUT2D eigenvalue weighted by Crippen LogP contribution is -2.49. The number of hydrogen-bond acceptors (Lipinski definition) is 22. The van der Waals surface area contributed by atoms with Gasteiger partial charge in [0.25, 0.3) is 11.8 Å². The van der Waals surface area contributed by atoms with Crippen molar-refractivity contribution in [1.82, 2.24) is 29.2 Å². The summed E-state index contributed by atoms with van der Waals surface area (Å²) in [6.45, 7) is 11.9. The Hall–Kier alpha value is -8.82. The number of allylic oxidation sites excluding steroid dienone is 4. The molecule has 0 unspecified atom stereocenters. The highest BCUT2D eigenvalue weighted by Gasteiger charge is 2.66. The number of alkyl halides is 6. The second kappa shape index (κ2) is 36.6. The number of aromatic nitrogens is 2. The number of amides is 4. The molecule has 0 bridgehead atoms. The minimum atomic E-state index is -4.41. The Bertz CT molecular complexity index is 4830. The van der Waals surface area contributed by atoms with Crippen LogP contribution in [0.4, 0.5) is 26.3 Å². The van der Waals surface area contributed by atoms with Crippen LogP contribution in [0.3, 0.4) is 0 Å². The van der Waals surface area contributed by atoms with E-state index in [4.69, 9.17) is 47.9 Å². The highest BCUT2D eigenvalue weighted by molar-refractivity contribution is 7.92. The number of fused-ring (bicyclic) bond motifs is 10. The van der Waals surface area contributed by atoms with Gasteiger partial charge in [-0.1, -0.05) is 64.8 Å². The number of Topliss-reactive ketones (excluding diaryl/α,β-unsaturated/α-hetero) is 2. The van der Waals surface area contributed by atoms with Crippen molar-refractivity contribution in [2.45, 2.75) is 280 Å². The van der Waals surface area contributed by atoms with Gasteiger partial charge in [-0.3, -0.25) is 47.8 Å². The molecule has 14 atom stereocenters. The Labute approximate surface area is 732 Å². The second-order valence-electron chi connectivity index (χ2n) is 38.2. The van der Waals surface area contributed by atoms with E-state index < -0.39 is 209 Å². The summed E-state index contributed by atoms with van der Waals surface area (Å²) in [5.74, 6) is -14.2. The van der Waals surface area contributed by atoms with Gasteiger partial charge in [0.15, 0.2) is 22.8 Å². The fourth-order valence-corrected chi connectivity index (χ4v) is 22.0. The summed E-state index contributed by atoms with van der Waals surface area (Å²) < 4.78 is 187. The zero-order chi connectivity index (χ0) is 91.4. The van der Waals surface area contributed by atoms with Crippen molar-refractivity contribution in [3.63, 3.8) is 0 Å². The van der Waals surface area contributed by atoms with E-state index in [1.807, 2.05) is 76.3 Å². The van der Waals surface area contributed by atoms with Crippen LogP contribution in [0, 0.1) is 58.2 Å². The first-order chi connectivity index (χ1) is 59.3. The largest absolute Gasteiger partial charge is 0.497 e. The molecule has 6 fully saturated rings. The highest BCUT2D eigenvalue weighted by Crippen LogP contribution is 2.60. The van der Waals surface area contributed by atoms with Gasteiger partial charge in [0.2, 0.25) is 67.2 Å². The van der Waals surface area contributed by atoms with Crippen molar-refractivity contribution >= 4 is 88.7 Å². The summed E-state index contributed by atoms with van der Waals surface area (Å²) >= 11 is 0. The normalized spacial score (nSPS) is 29.2. The standard InChI is InChI=1S/2C46H60F3N3O10S/c2*1-7-28-19-27(2)11-8-9-12-29-23-46(29,42(56)51-63(57,58)45(26-47)16-17-45)24-37(53)36-21-31(25-52(36)41(55)34(28)22-38(54)62-43(3,4)44(5,48)49)61-40-33-15-14-30(59-6)20-35(33)32-13-10-18-60-39(32)50-40/h2*9,12,14-15,20,27-29,31,34,36H,7-8,10-11,13,16-19,21-26H2,1-6H3,(H,51,56)/b2*12-9-/t27-,28+,29+,31+,34-,36-,46+;27-,28-,29-,31-,34+,36+,46-/m01/s1. The maximum absolute atomic E-state index is 15.2. The van der Waals surface area contributed by atoms with E-state index in [1.165, 1.54) is 9.80 Å². The fourth-order valence-electron chi connectivity index (χ4n) is 19.1. The van der Waals surface area contributed by atoms with E-state index in [0.29, 0.717) is 125 Å². The van der Waals surface area contributed by atoms with E-state index in [1.54, 1.807) is 26.4 Å². The maximum Gasteiger partial charge on any atom is 0.307 e. The molecule has 126 heavy (non-hydrogen) atoms. The number of carbonyl (C=O) groups excluding carboxylic acids is 8. The molecule has 4 amide bonds. The van der Waals surface area contributed by atoms with Crippen LogP contribution in [0.1, 0.15) is 222 Å². The quantitative estimate of drug-likeness (QED) is 0.0374. The first-order valence-corrected chi connectivity index (χ1v) is 47.4. The van der Waals surface area contributed by atoms with Crippen LogP contribution in [-0.4, -0.2) is 194 Å². The molecule has 2 aromatic heterocycles. The Balaban J connectivity index is 0.000000216. The van der Waals surface area contributed by atoms with Crippen LogP contribution in [0.25, 0.3) is 21.5 Å². The third-order valence-corrected chi connectivity index (χ3v) is 32.8. The van der Waals surface area contributed by atoms with Crippen LogP contribution in [0.2, 0.25) is 0 Å². The molecule has 34 heteroatoms. The van der Waals surface area contributed by atoms with E-state index >= 15 is 9.59 Å². The number of ketones is 2. The van der Waals surface area contributed by atoms with E-state index in [0.717, 1.165) is 62.4 Å². The molecule has 4 saturated carbocycles. The third-order valence-electron chi connectivity index (χ3n) is 28.6. The fraction of sp³-hybridized carbons (Fsp3) is 0.674. The Morgan fingerprint density at radius 3 is 1.26 bits per heavy atom. The van der Waals surface area contributed by atoms with Crippen molar-refractivity contribution in [2.24, 2.45) is 58.2 Å². The molecule has 2 aromatic carbocycles. The third kappa shape index (κ3) is 19.5. The SMILES string of the molecule is CC[C@@H]1C[C@@H](C)CC/C=C\[C@@H]2C[C@@]2(C(=O)NS(=O)(=O)C2(CF)CC2)CC(=O)[C@@H]2C[C@@H](Oc3nc4c(c5cc(OC)ccc35)CCCO4)CN2C(=O)[C@H]1CC(=O)OC(C)(C)C(C)(F)F.CC[C@@H]1C[C@H](C)CC/C=C\[C@@H]2C[C@@]2(C(=O)NS(=O)(=O)C2(CF)CC2)CC(=O)[C@@H]2C[C@@H](Oc3nc4c(c5cc(OC)ccc35)CCCO4)CN2C(=O)[C@H]1CC(=O)OC(C)(C)C(C)(F)F. The lowest BCUT2D eigenvalue weighted by molar-refractivity contribution is -0.197. The molecule has 0 spiro atoms. The number of hydrogen-bond donors (Lipinski definition) is 2. The average Bonchev–Trinajstić information content (AvgIpc) is 1.56. The number of esters is 2. The molecule has 4 aliphatic carbocycles. The number of aryl methyl sites for hydroxylation is 2. The van der Waals surface area contributed by atoms with Gasteiger partial charge < -0.3 is 47.7 Å². The molecular weight excluding hydrogens is 1690 g/mol. The Morgan fingerprint density at radius 1 is 0.556 bits per heavy atom. The first-order valence-electron chi connectivity index (χ1n) is 44.4. The molecule has 6 aliphatic heterocycles. The van der Waals surface area contributed by atoms with Gasteiger partial charge in [-0.15, -0.1) is 0 Å². The summed E-state index contributed by atoms with van der Waals surface area (Å²) in [7, 11) is -5.69. The van der Waals surface area contributed by atoms with E-state index in [-0.39, 0.29) is 88.1 Å². The molecule has 0 radical (unpaired) electrons. The van der Waals surface area contributed by atoms with Crippen LogP contribution in [0.15, 0.2) is 60.7 Å². The minimum absolute atomic E-state index is 0.0385. The van der Waals surface area contributed by atoms with Gasteiger partial charge in [-0.25, -0.2) is 43.2 Å². The van der Waals surface area contributed by atoms with Gasteiger partial charge in [0.05, 0.1) is 88.1 Å². The number of nitrogens with zero attached hydrogens (tertiary/aromatic N) is 4. The van der Waals surface area contributed by atoms with Crippen molar-refractivity contribution in [1.29, 1.82) is 0 Å². The summed E-state index contributed by atoms with van der Waals surface area (Å²) in [4.78, 5) is 128. The number of benzene rings is 2. The zero-order valence-electron chi connectivity index (χ0n) is 74.0. The molecule has 4 aromatic rings. The van der Waals surface area contributed by atoms with Crippen LogP contribution in [0.5, 0.6) is 35.0 Å². The molecule has 2 N–H and O–H groups in total. The summed E-state index contributed by atoms with van der Waals surface area (Å²) in [5.41, 5.74) is -5.53. The van der Waals surface area contributed by atoms with Crippen LogP contribution < -0.4 is 37.9 Å². The van der Waals surface area contributed by atoms with Gasteiger partial charge in [0.1, 0.15) is 46.6 Å². The number of halogens is 6. The number of pyridine rings is 2. The number of sulfonamides is 2. The molecule has 2 saturated heterocycles. The summed E-state index contributed by atoms with van der Waals surface area (Å²) in [6, 6.07) is 8.54. The maximum atomic E-state index is 15.2. The number of carbonyl (C=O) groups is 8. The molecule has 14 rings (SSSR count). The number of nitrogens with one attached hydrogen (secondary N) is 2. The van der Waals surface area contributed by atoms with E-state index in [2.05, 4.69) is 9.44 Å². The Kier molecular flexibility index (Phi) is 27.5. The lowest BCUT2D eigenvalue weighted by atomic mass is 9.79. The predicted octanol–water partition coefficient (Wildman–Crippen LogP) is 14.4. The highest BCUT2D eigenvalue weighted by atomic mass is 32.2. The lowest BCUT2D eigenvalue weighted by Gasteiger charge is -2.35.